The summed E-state index contributed by atoms with van der Waals surface area (Å²) in [6, 6.07) is 12.0. The van der Waals surface area contributed by atoms with Crippen molar-refractivity contribution in [2.75, 3.05) is 5.01 Å². The topological polar surface area (TPSA) is 117 Å². The number of aromatic nitrogens is 3. The lowest BCUT2D eigenvalue weighted by Crippen LogP contribution is -2.36. The lowest BCUT2D eigenvalue weighted by Gasteiger charge is -2.20. The summed E-state index contributed by atoms with van der Waals surface area (Å²) < 4.78 is 14.7. The molecule has 0 unspecified atom stereocenters. The number of carbonyl (C=O) groups is 1. The standard InChI is InChI=1S/C21H19FN6O/c1-3-13(20(29)19-18(22)14-6-4-5-7-15(14)27-19)21(23)28(24)12-8-9-16-17(10-12)26-11(2)25-16/h3-10,27H,1,23-24H2,2H3,(H,25,26)/b21-13+. The predicted octanol–water partition coefficient (Wildman–Crippen LogP) is 3.41. The molecule has 0 bridgehead atoms. The van der Waals surface area contributed by atoms with Gasteiger partial charge in [-0.05, 0) is 37.3 Å². The van der Waals surface area contributed by atoms with E-state index in [1.54, 1.807) is 42.5 Å². The van der Waals surface area contributed by atoms with Crippen LogP contribution in [0.15, 0.2) is 66.5 Å². The van der Waals surface area contributed by atoms with E-state index in [2.05, 4.69) is 21.5 Å². The maximum absolute atomic E-state index is 14.7. The van der Waals surface area contributed by atoms with E-state index in [-0.39, 0.29) is 17.1 Å². The highest BCUT2D eigenvalue weighted by atomic mass is 19.1. The zero-order valence-corrected chi connectivity index (χ0v) is 15.7. The minimum atomic E-state index is -0.643. The minimum absolute atomic E-state index is 0.0150. The molecule has 0 saturated heterocycles. The SMILES string of the molecule is C=C/C(C(=O)c1[nH]c2ccccc2c1F)=C(/N)N(N)c1ccc2nc(C)[nH]c2c1. The van der Waals surface area contributed by atoms with Gasteiger partial charge < -0.3 is 15.7 Å². The van der Waals surface area contributed by atoms with Crippen molar-refractivity contribution >= 4 is 33.4 Å². The second-order valence-corrected chi connectivity index (χ2v) is 6.59. The number of nitrogens with two attached hydrogens (primary N) is 2. The quantitative estimate of drug-likeness (QED) is 0.137. The monoisotopic (exact) mass is 390 g/mol. The number of nitrogens with one attached hydrogen (secondary N) is 2. The molecule has 0 fully saturated rings. The van der Waals surface area contributed by atoms with E-state index in [1.165, 1.54) is 6.08 Å². The van der Waals surface area contributed by atoms with Gasteiger partial charge in [0.2, 0.25) is 5.78 Å². The number of halogens is 1. The normalized spacial score (nSPS) is 12.2. The van der Waals surface area contributed by atoms with Crippen molar-refractivity contribution in [1.82, 2.24) is 15.0 Å². The Morgan fingerprint density at radius 1 is 1.21 bits per heavy atom. The van der Waals surface area contributed by atoms with Crippen LogP contribution in [0.25, 0.3) is 21.9 Å². The summed E-state index contributed by atoms with van der Waals surface area (Å²) in [5.41, 5.74) is 8.55. The van der Waals surface area contributed by atoms with E-state index < -0.39 is 11.6 Å². The first-order valence-electron chi connectivity index (χ1n) is 8.85. The maximum Gasteiger partial charge on any atom is 0.215 e. The fourth-order valence-electron chi connectivity index (χ4n) is 3.26. The molecule has 2 aromatic carbocycles. The highest BCUT2D eigenvalue weighted by Crippen LogP contribution is 2.25. The zero-order chi connectivity index (χ0) is 20.7. The third-order valence-corrected chi connectivity index (χ3v) is 4.72. The fourth-order valence-corrected chi connectivity index (χ4v) is 3.26. The molecule has 0 saturated carbocycles. The number of para-hydroxylation sites is 1. The summed E-state index contributed by atoms with van der Waals surface area (Å²) in [4.78, 5) is 23.2. The van der Waals surface area contributed by atoms with Crippen LogP contribution in [0.4, 0.5) is 10.1 Å². The van der Waals surface area contributed by atoms with E-state index in [4.69, 9.17) is 11.6 Å². The molecule has 2 aromatic heterocycles. The molecule has 0 aliphatic heterocycles. The van der Waals surface area contributed by atoms with Crippen LogP contribution in [0, 0.1) is 12.7 Å². The summed E-state index contributed by atoms with van der Waals surface area (Å²) in [7, 11) is 0. The Kier molecular flexibility index (Phi) is 4.40. The largest absolute Gasteiger partial charge is 0.383 e. The molecule has 146 valence electrons. The van der Waals surface area contributed by atoms with Crippen LogP contribution in [0.2, 0.25) is 0 Å². The summed E-state index contributed by atoms with van der Waals surface area (Å²) in [6.07, 6.45) is 1.27. The number of fused-ring (bicyclic) bond motifs is 2. The Bertz CT molecular complexity index is 1300. The Balaban J connectivity index is 1.75. The minimum Gasteiger partial charge on any atom is -0.383 e. The zero-order valence-electron chi connectivity index (χ0n) is 15.7. The van der Waals surface area contributed by atoms with Gasteiger partial charge in [0.25, 0.3) is 0 Å². The number of H-pyrrole nitrogens is 2. The molecular formula is C21H19FN6O. The average Bonchev–Trinajstić information content (AvgIpc) is 3.26. The number of allylic oxidation sites excluding steroid dienone is 2. The molecule has 0 aliphatic carbocycles. The summed E-state index contributed by atoms with van der Waals surface area (Å²) in [5.74, 6) is 5.58. The molecule has 0 aliphatic rings. The third-order valence-electron chi connectivity index (χ3n) is 4.72. The molecular weight excluding hydrogens is 371 g/mol. The Morgan fingerprint density at radius 3 is 2.69 bits per heavy atom. The van der Waals surface area contributed by atoms with Crippen LogP contribution in [0.1, 0.15) is 16.3 Å². The number of hydrogen-bond donors (Lipinski definition) is 4. The predicted molar refractivity (Wildman–Crippen MR) is 111 cm³/mol. The average molecular weight is 390 g/mol. The van der Waals surface area contributed by atoms with E-state index in [0.29, 0.717) is 16.6 Å². The van der Waals surface area contributed by atoms with E-state index in [9.17, 15) is 9.18 Å². The number of aryl methyl sites for hydroxylation is 1. The summed E-state index contributed by atoms with van der Waals surface area (Å²) in [5, 5.41) is 1.48. The first-order chi connectivity index (χ1) is 13.9. The number of imidazole rings is 1. The van der Waals surface area contributed by atoms with Gasteiger partial charge in [-0.3, -0.25) is 9.80 Å². The van der Waals surface area contributed by atoms with Crippen LogP contribution in [0.3, 0.4) is 0 Å². The molecule has 2 heterocycles. The Hall–Kier alpha value is -3.91. The molecule has 7 nitrogen and oxygen atoms in total. The van der Waals surface area contributed by atoms with Crippen molar-refractivity contribution < 1.29 is 9.18 Å². The number of carbonyl (C=O) groups excluding carboxylic acids is 1. The van der Waals surface area contributed by atoms with E-state index in [0.717, 1.165) is 21.9 Å². The van der Waals surface area contributed by atoms with Crippen LogP contribution in [0.5, 0.6) is 0 Å². The molecule has 6 N–H and O–H groups in total. The highest BCUT2D eigenvalue weighted by Gasteiger charge is 2.23. The van der Waals surface area contributed by atoms with E-state index >= 15 is 0 Å². The molecule has 29 heavy (non-hydrogen) atoms. The Morgan fingerprint density at radius 2 is 1.97 bits per heavy atom. The second kappa shape index (κ2) is 6.92. The van der Waals surface area contributed by atoms with Crippen LogP contribution < -0.4 is 16.6 Å². The molecule has 4 rings (SSSR count). The number of hydrogen-bond acceptors (Lipinski definition) is 5. The first kappa shape index (κ1) is 18.5. The van der Waals surface area contributed by atoms with Crippen molar-refractivity contribution in [3.8, 4) is 0 Å². The van der Waals surface area contributed by atoms with E-state index in [1.807, 2.05) is 6.92 Å². The van der Waals surface area contributed by atoms with Gasteiger partial charge in [-0.25, -0.2) is 15.2 Å². The van der Waals surface area contributed by atoms with Crippen molar-refractivity contribution in [3.05, 3.63) is 83.8 Å². The van der Waals surface area contributed by atoms with Crippen LogP contribution in [-0.2, 0) is 0 Å². The first-order valence-corrected chi connectivity index (χ1v) is 8.85. The summed E-state index contributed by atoms with van der Waals surface area (Å²) >= 11 is 0. The molecule has 0 radical (unpaired) electrons. The van der Waals surface area contributed by atoms with Gasteiger partial charge in [-0.1, -0.05) is 24.8 Å². The number of nitrogens with zero attached hydrogens (tertiary/aromatic N) is 2. The highest BCUT2D eigenvalue weighted by molar-refractivity contribution is 6.12. The summed E-state index contributed by atoms with van der Waals surface area (Å²) in [6.45, 7) is 5.49. The lowest BCUT2D eigenvalue weighted by molar-refractivity contribution is 0.102. The Labute approximate surface area is 165 Å². The number of ketones is 1. The number of aromatic amines is 2. The maximum atomic E-state index is 14.7. The number of anilines is 1. The second-order valence-electron chi connectivity index (χ2n) is 6.59. The molecule has 4 aromatic rings. The smallest absolute Gasteiger partial charge is 0.215 e. The van der Waals surface area contributed by atoms with Crippen molar-refractivity contribution in [2.45, 2.75) is 6.92 Å². The van der Waals surface area contributed by atoms with Crippen molar-refractivity contribution in [1.29, 1.82) is 0 Å². The number of benzene rings is 2. The van der Waals surface area contributed by atoms with Crippen molar-refractivity contribution in [3.63, 3.8) is 0 Å². The van der Waals surface area contributed by atoms with Gasteiger partial charge in [0.15, 0.2) is 5.82 Å². The number of Topliss-reactive ketones (excluding diaryl/α,β-unsaturated/α-hetero) is 1. The van der Waals surface area contributed by atoms with Gasteiger partial charge >= 0.3 is 0 Å². The number of rotatable bonds is 5. The van der Waals surface area contributed by atoms with Gasteiger partial charge in [0, 0.05) is 10.9 Å². The molecule has 0 atom stereocenters. The lowest BCUT2D eigenvalue weighted by atomic mass is 10.1. The van der Waals surface area contributed by atoms with Gasteiger partial charge in [-0.2, -0.15) is 0 Å². The third kappa shape index (κ3) is 3.05. The van der Waals surface area contributed by atoms with Crippen LogP contribution in [-0.4, -0.2) is 20.7 Å². The van der Waals surface area contributed by atoms with Crippen molar-refractivity contribution in [2.24, 2.45) is 11.6 Å². The number of hydrazine groups is 1. The van der Waals surface area contributed by atoms with Gasteiger partial charge in [-0.15, -0.1) is 0 Å². The van der Waals surface area contributed by atoms with Crippen LogP contribution >= 0.6 is 0 Å². The fraction of sp³-hybridized carbons (Fsp3) is 0.0476. The van der Waals surface area contributed by atoms with Gasteiger partial charge in [0.05, 0.1) is 22.3 Å². The molecule has 0 spiro atoms. The van der Waals surface area contributed by atoms with Gasteiger partial charge in [0.1, 0.15) is 17.3 Å². The molecule has 8 heteroatoms. The molecule has 0 amide bonds.